The fraction of sp³-hybridized carbons (Fsp3) is 0.500. The lowest BCUT2D eigenvalue weighted by molar-refractivity contribution is 0.0700. The highest BCUT2D eigenvalue weighted by molar-refractivity contribution is 9.10. The van der Waals surface area contributed by atoms with Crippen molar-refractivity contribution in [2.24, 2.45) is 5.92 Å². The van der Waals surface area contributed by atoms with Crippen molar-refractivity contribution in [2.75, 3.05) is 13.1 Å². The molecule has 0 spiro atoms. The minimum atomic E-state index is 0.0614. The Hall–Kier alpha value is -0.540. The van der Waals surface area contributed by atoms with E-state index in [1.165, 1.54) is 0 Å². The van der Waals surface area contributed by atoms with Gasteiger partial charge in [-0.1, -0.05) is 18.6 Å². The summed E-state index contributed by atoms with van der Waals surface area (Å²) >= 11 is 9.70. The van der Waals surface area contributed by atoms with Crippen molar-refractivity contribution in [3.05, 3.63) is 33.8 Å². The van der Waals surface area contributed by atoms with E-state index in [-0.39, 0.29) is 11.3 Å². The fourth-order valence-corrected chi connectivity index (χ4v) is 2.89. The number of likely N-dealkylation sites (tertiary alicyclic amines) is 1. The summed E-state index contributed by atoms with van der Waals surface area (Å²) in [6, 6.07) is 5.84. The Kier molecular flexibility index (Phi) is 4.33. The van der Waals surface area contributed by atoms with E-state index in [0.29, 0.717) is 12.5 Å². The maximum atomic E-state index is 12.5. The van der Waals surface area contributed by atoms with Crippen molar-refractivity contribution in [1.82, 2.24) is 4.90 Å². The molecule has 0 aliphatic carbocycles. The van der Waals surface area contributed by atoms with E-state index in [1.54, 1.807) is 0 Å². The molecule has 2 nitrogen and oxygen atoms in total. The smallest absolute Gasteiger partial charge is 0.255 e. The van der Waals surface area contributed by atoms with Crippen LogP contribution in [0.3, 0.4) is 0 Å². The molecule has 1 aromatic rings. The van der Waals surface area contributed by atoms with Gasteiger partial charge in [-0.2, -0.15) is 0 Å². The van der Waals surface area contributed by atoms with Gasteiger partial charge in [0.05, 0.1) is 10.9 Å². The molecule has 1 amide bonds. The van der Waals surface area contributed by atoms with Gasteiger partial charge in [0.2, 0.25) is 0 Å². The number of alkyl halides is 1. The largest absolute Gasteiger partial charge is 0.337 e. The monoisotopic (exact) mass is 329 g/mol. The number of amides is 1. The maximum Gasteiger partial charge on any atom is 0.255 e. The number of halogens is 2. The molecular weight excluding hydrogens is 314 g/mol. The number of hydrogen-bond donors (Lipinski definition) is 0. The van der Waals surface area contributed by atoms with Crippen LogP contribution in [-0.4, -0.2) is 29.3 Å². The summed E-state index contributed by atoms with van der Waals surface area (Å²) in [5.74, 6) is 0.555. The van der Waals surface area contributed by atoms with E-state index in [9.17, 15) is 4.79 Å². The van der Waals surface area contributed by atoms with Gasteiger partial charge in [0, 0.05) is 17.6 Å². The van der Waals surface area contributed by atoms with Crippen LogP contribution in [0.5, 0.6) is 0 Å². The Bertz CT molecular complexity index is 463. The van der Waals surface area contributed by atoms with Gasteiger partial charge < -0.3 is 4.90 Å². The maximum absolute atomic E-state index is 12.5. The Morgan fingerprint density at radius 2 is 2.22 bits per heavy atom. The van der Waals surface area contributed by atoms with Crippen LogP contribution in [0, 0.1) is 12.8 Å². The Morgan fingerprint density at radius 3 is 2.89 bits per heavy atom. The third-order valence-electron chi connectivity index (χ3n) is 3.51. The summed E-state index contributed by atoms with van der Waals surface area (Å²) in [6.07, 6.45) is 0.976. The molecule has 2 rings (SSSR count). The Labute approximate surface area is 121 Å². The third kappa shape index (κ3) is 2.89. The van der Waals surface area contributed by atoms with Gasteiger partial charge in [-0.3, -0.25) is 4.79 Å². The quantitative estimate of drug-likeness (QED) is 0.716. The molecule has 0 radical (unpaired) electrons. The number of piperidine rings is 1. The van der Waals surface area contributed by atoms with Crippen LogP contribution in [0.4, 0.5) is 0 Å². The average Bonchev–Trinajstić information content (AvgIpc) is 2.35. The highest BCUT2D eigenvalue weighted by Gasteiger charge is 2.28. The van der Waals surface area contributed by atoms with Gasteiger partial charge in [-0.05, 0) is 47.3 Å². The van der Waals surface area contributed by atoms with Crippen LogP contribution in [0.15, 0.2) is 22.7 Å². The van der Waals surface area contributed by atoms with Crippen molar-refractivity contribution in [2.45, 2.75) is 25.6 Å². The van der Waals surface area contributed by atoms with Crippen LogP contribution < -0.4 is 0 Å². The van der Waals surface area contributed by atoms with Crippen molar-refractivity contribution < 1.29 is 4.79 Å². The highest BCUT2D eigenvalue weighted by atomic mass is 79.9. The van der Waals surface area contributed by atoms with Gasteiger partial charge in [0.1, 0.15) is 0 Å². The lowest BCUT2D eigenvalue weighted by atomic mass is 9.98. The predicted octanol–water partition coefficient (Wildman–Crippen LogP) is 3.85. The van der Waals surface area contributed by atoms with Crippen molar-refractivity contribution >= 4 is 33.4 Å². The molecule has 4 heteroatoms. The molecule has 18 heavy (non-hydrogen) atoms. The molecule has 1 saturated heterocycles. The predicted molar refractivity (Wildman–Crippen MR) is 78.2 cm³/mol. The fourth-order valence-electron chi connectivity index (χ4n) is 2.18. The standard InChI is InChI=1S/C14H17BrClNO/c1-9-3-4-12(15)11(7-9)14(18)17-6-5-10(2)13(16)8-17/h3-4,7,10,13H,5-6,8H2,1-2H3. The summed E-state index contributed by atoms with van der Waals surface area (Å²) in [4.78, 5) is 14.3. The van der Waals surface area contributed by atoms with Crippen molar-refractivity contribution in [1.29, 1.82) is 0 Å². The first-order valence-corrected chi connectivity index (χ1v) is 7.41. The Balaban J connectivity index is 2.19. The minimum Gasteiger partial charge on any atom is -0.337 e. The first kappa shape index (κ1) is 13.9. The van der Waals surface area contributed by atoms with Gasteiger partial charge in [0.15, 0.2) is 0 Å². The SMILES string of the molecule is Cc1ccc(Br)c(C(=O)N2CCC(C)C(Cl)C2)c1. The second kappa shape index (κ2) is 5.62. The summed E-state index contributed by atoms with van der Waals surface area (Å²) < 4.78 is 0.850. The van der Waals surface area contributed by atoms with Crippen molar-refractivity contribution in [3.8, 4) is 0 Å². The molecule has 0 N–H and O–H groups in total. The first-order valence-electron chi connectivity index (χ1n) is 6.18. The Morgan fingerprint density at radius 1 is 1.50 bits per heavy atom. The molecule has 1 aromatic carbocycles. The zero-order valence-corrected chi connectivity index (χ0v) is 13.0. The molecule has 0 aromatic heterocycles. The summed E-state index contributed by atoms with van der Waals surface area (Å²) in [5, 5.41) is 0.0614. The molecule has 1 aliphatic heterocycles. The molecule has 0 bridgehead atoms. The van der Waals surface area contributed by atoms with Gasteiger partial charge in [-0.15, -0.1) is 11.6 Å². The van der Waals surface area contributed by atoms with Gasteiger partial charge in [0.25, 0.3) is 5.91 Å². The number of carbonyl (C=O) groups is 1. The number of nitrogens with zero attached hydrogens (tertiary/aromatic N) is 1. The number of rotatable bonds is 1. The van der Waals surface area contributed by atoms with Gasteiger partial charge in [-0.25, -0.2) is 0 Å². The minimum absolute atomic E-state index is 0.0614. The van der Waals surface area contributed by atoms with Crippen LogP contribution in [0.2, 0.25) is 0 Å². The van der Waals surface area contributed by atoms with Gasteiger partial charge >= 0.3 is 0 Å². The third-order valence-corrected chi connectivity index (χ3v) is 4.77. The van der Waals surface area contributed by atoms with E-state index >= 15 is 0 Å². The normalized spacial score (nSPS) is 24.1. The number of aryl methyl sites for hydroxylation is 1. The van der Waals surface area contributed by atoms with Crippen LogP contribution in [0.25, 0.3) is 0 Å². The number of benzene rings is 1. The van der Waals surface area contributed by atoms with Crippen LogP contribution >= 0.6 is 27.5 Å². The molecule has 1 fully saturated rings. The van der Waals surface area contributed by atoms with Crippen LogP contribution in [-0.2, 0) is 0 Å². The molecule has 0 saturated carbocycles. The van der Waals surface area contributed by atoms with E-state index in [0.717, 1.165) is 28.6 Å². The first-order chi connectivity index (χ1) is 8.49. The summed E-state index contributed by atoms with van der Waals surface area (Å²) in [7, 11) is 0. The molecule has 2 unspecified atom stereocenters. The molecular formula is C14H17BrClNO. The lowest BCUT2D eigenvalue weighted by Crippen LogP contribution is -2.43. The lowest BCUT2D eigenvalue weighted by Gasteiger charge is -2.34. The number of carbonyl (C=O) groups excluding carboxylic acids is 1. The molecule has 2 atom stereocenters. The van der Waals surface area contributed by atoms with Crippen LogP contribution in [0.1, 0.15) is 29.3 Å². The molecule has 1 heterocycles. The number of hydrogen-bond acceptors (Lipinski definition) is 1. The van der Waals surface area contributed by atoms with Crippen molar-refractivity contribution in [3.63, 3.8) is 0 Å². The van der Waals surface area contributed by atoms with E-state index in [1.807, 2.05) is 30.0 Å². The highest BCUT2D eigenvalue weighted by Crippen LogP contribution is 2.25. The average molecular weight is 331 g/mol. The topological polar surface area (TPSA) is 20.3 Å². The second-order valence-electron chi connectivity index (χ2n) is 5.02. The summed E-state index contributed by atoms with van der Waals surface area (Å²) in [5.41, 5.74) is 1.82. The second-order valence-corrected chi connectivity index (χ2v) is 6.43. The zero-order chi connectivity index (χ0) is 13.3. The molecule has 1 aliphatic rings. The van der Waals surface area contributed by atoms with E-state index in [4.69, 9.17) is 11.6 Å². The summed E-state index contributed by atoms with van der Waals surface area (Å²) in [6.45, 7) is 5.57. The molecule has 98 valence electrons. The van der Waals surface area contributed by atoms with E-state index in [2.05, 4.69) is 22.9 Å². The zero-order valence-electron chi connectivity index (χ0n) is 10.6. The van der Waals surface area contributed by atoms with E-state index < -0.39 is 0 Å².